The lowest BCUT2D eigenvalue weighted by Crippen LogP contribution is -2.49. The van der Waals surface area contributed by atoms with Crippen molar-refractivity contribution in [3.63, 3.8) is 0 Å². The summed E-state index contributed by atoms with van der Waals surface area (Å²) in [5.74, 6) is 0.764. The van der Waals surface area contributed by atoms with E-state index in [-0.39, 0.29) is 17.6 Å². The normalized spacial score (nSPS) is 13.1. The van der Waals surface area contributed by atoms with Crippen molar-refractivity contribution < 1.29 is 9.53 Å². The first-order chi connectivity index (χ1) is 11.9. The molecule has 1 heterocycles. The highest BCUT2D eigenvalue weighted by Crippen LogP contribution is 2.23. The first-order valence-electron chi connectivity index (χ1n) is 7.92. The average Bonchev–Trinajstić information content (AvgIpc) is 3.08. The lowest BCUT2D eigenvalue weighted by Gasteiger charge is -2.27. The van der Waals surface area contributed by atoms with Crippen molar-refractivity contribution in [1.29, 1.82) is 5.26 Å². The summed E-state index contributed by atoms with van der Waals surface area (Å²) >= 11 is 1.32. The summed E-state index contributed by atoms with van der Waals surface area (Å²) in [5.41, 5.74) is 0.0312. The van der Waals surface area contributed by atoms with Crippen molar-refractivity contribution in [3.05, 3.63) is 36.7 Å². The van der Waals surface area contributed by atoms with E-state index < -0.39 is 5.54 Å². The summed E-state index contributed by atoms with van der Waals surface area (Å²) in [7, 11) is 1.62. The van der Waals surface area contributed by atoms with Gasteiger partial charge in [-0.2, -0.15) is 5.26 Å². The summed E-state index contributed by atoms with van der Waals surface area (Å²) in [6.45, 7) is 5.55. The molecule has 6 nitrogen and oxygen atoms in total. The maximum absolute atomic E-state index is 12.2. The second-order valence-electron chi connectivity index (χ2n) is 6.09. The second-order valence-corrected chi connectivity index (χ2v) is 7.03. The quantitative estimate of drug-likeness (QED) is 0.770. The molecule has 0 aliphatic heterocycles. The number of nitrogens with one attached hydrogen (secondary N) is 1. The van der Waals surface area contributed by atoms with Crippen LogP contribution in [0.1, 0.15) is 20.8 Å². The molecule has 0 bridgehead atoms. The molecule has 132 valence electrons. The number of nitrogens with zero attached hydrogens (tertiary/aromatic N) is 3. The van der Waals surface area contributed by atoms with Gasteiger partial charge in [0.05, 0.1) is 24.6 Å². The number of hydrogen-bond acceptors (Lipinski definition) is 5. The third-order valence-corrected chi connectivity index (χ3v) is 5.02. The molecule has 1 unspecified atom stereocenters. The van der Waals surface area contributed by atoms with Gasteiger partial charge < -0.3 is 10.1 Å². The van der Waals surface area contributed by atoms with Crippen LogP contribution in [0.5, 0.6) is 5.75 Å². The number of methoxy groups -OCH3 is 1. The Kier molecular flexibility index (Phi) is 6.10. The van der Waals surface area contributed by atoms with Crippen LogP contribution in [0.3, 0.4) is 0 Å². The lowest BCUT2D eigenvalue weighted by atomic mass is 9.90. The Morgan fingerprint density at radius 1 is 1.52 bits per heavy atom. The average molecular weight is 358 g/mol. The maximum atomic E-state index is 12.2. The number of carbonyl (C=O) groups is 1. The Hall–Kier alpha value is -2.46. The van der Waals surface area contributed by atoms with Crippen molar-refractivity contribution in [2.24, 2.45) is 5.92 Å². The van der Waals surface area contributed by atoms with Crippen molar-refractivity contribution in [2.75, 3.05) is 12.9 Å². The minimum absolute atomic E-state index is 0.0187. The summed E-state index contributed by atoms with van der Waals surface area (Å²) in [6.07, 6.45) is 3.52. The van der Waals surface area contributed by atoms with E-state index in [0.717, 1.165) is 11.4 Å². The highest BCUT2D eigenvalue weighted by atomic mass is 32.2. The van der Waals surface area contributed by atoms with Crippen LogP contribution < -0.4 is 10.1 Å². The molecule has 0 fully saturated rings. The fraction of sp³-hybridized carbons (Fsp3) is 0.389. The molecule has 1 aromatic carbocycles. The molecule has 2 rings (SSSR count). The van der Waals surface area contributed by atoms with Gasteiger partial charge in [-0.05, 0) is 25.0 Å². The molecule has 2 aromatic rings. The van der Waals surface area contributed by atoms with Gasteiger partial charge in [0.2, 0.25) is 5.91 Å². The highest BCUT2D eigenvalue weighted by Gasteiger charge is 2.29. The van der Waals surface area contributed by atoms with Gasteiger partial charge in [-0.15, -0.1) is 0 Å². The van der Waals surface area contributed by atoms with Gasteiger partial charge in [0, 0.05) is 18.5 Å². The van der Waals surface area contributed by atoms with Crippen LogP contribution in [0.25, 0.3) is 5.69 Å². The molecule has 0 radical (unpaired) electrons. The molecule has 0 aliphatic rings. The minimum atomic E-state index is -0.875. The maximum Gasteiger partial charge on any atom is 0.231 e. The van der Waals surface area contributed by atoms with Crippen molar-refractivity contribution >= 4 is 17.7 Å². The first kappa shape index (κ1) is 18.9. The van der Waals surface area contributed by atoms with E-state index >= 15 is 0 Å². The van der Waals surface area contributed by atoms with E-state index in [4.69, 9.17) is 4.74 Å². The monoisotopic (exact) mass is 358 g/mol. The number of imidazole rings is 1. The van der Waals surface area contributed by atoms with E-state index in [1.165, 1.54) is 11.8 Å². The van der Waals surface area contributed by atoms with Crippen molar-refractivity contribution in [3.8, 4) is 17.5 Å². The van der Waals surface area contributed by atoms with Crippen LogP contribution in [0, 0.1) is 17.2 Å². The number of carbonyl (C=O) groups excluding carboxylic acids is 1. The minimum Gasteiger partial charge on any atom is -0.497 e. The lowest BCUT2D eigenvalue weighted by molar-refractivity contribution is -0.120. The van der Waals surface area contributed by atoms with Crippen LogP contribution in [0.2, 0.25) is 0 Å². The number of rotatable bonds is 7. The predicted octanol–water partition coefficient (Wildman–Crippen LogP) is 3.03. The van der Waals surface area contributed by atoms with Gasteiger partial charge in [-0.25, -0.2) is 4.98 Å². The molecule has 0 saturated heterocycles. The van der Waals surface area contributed by atoms with Crippen molar-refractivity contribution in [2.45, 2.75) is 31.5 Å². The number of aromatic nitrogens is 2. The SMILES string of the molecule is COc1cccc(-n2ccnc2SCC(=O)NC(C)(C#N)C(C)C)c1. The number of hydrogen-bond donors (Lipinski definition) is 1. The third-order valence-electron chi connectivity index (χ3n) is 4.06. The number of ether oxygens (including phenoxy) is 1. The Morgan fingerprint density at radius 2 is 2.28 bits per heavy atom. The first-order valence-corrected chi connectivity index (χ1v) is 8.91. The second kappa shape index (κ2) is 8.08. The summed E-state index contributed by atoms with van der Waals surface area (Å²) < 4.78 is 7.14. The standard InChI is InChI=1S/C18H22N4O2S/c1-13(2)18(3,12-19)21-16(23)11-25-17-20-8-9-22(17)14-6-5-7-15(10-14)24-4/h5-10,13H,11H2,1-4H3,(H,21,23). The molecule has 1 atom stereocenters. The molecule has 1 amide bonds. The molecule has 1 aromatic heterocycles. The topological polar surface area (TPSA) is 79.9 Å². The van der Waals surface area contributed by atoms with Crippen LogP contribution in [-0.2, 0) is 4.79 Å². The van der Waals surface area contributed by atoms with Gasteiger partial charge in [0.15, 0.2) is 5.16 Å². The van der Waals surface area contributed by atoms with E-state index in [0.29, 0.717) is 5.16 Å². The molecular formula is C18H22N4O2S. The van der Waals surface area contributed by atoms with E-state index in [1.807, 2.05) is 48.9 Å². The van der Waals surface area contributed by atoms with Crippen LogP contribution >= 0.6 is 11.8 Å². The Labute approximate surface area is 152 Å². The highest BCUT2D eigenvalue weighted by molar-refractivity contribution is 7.99. The number of thioether (sulfide) groups is 1. The third kappa shape index (κ3) is 4.54. The molecule has 1 N–H and O–H groups in total. The van der Waals surface area contributed by atoms with Gasteiger partial charge >= 0.3 is 0 Å². The van der Waals surface area contributed by atoms with E-state index in [9.17, 15) is 10.1 Å². The van der Waals surface area contributed by atoms with Crippen LogP contribution in [0.15, 0.2) is 41.8 Å². The van der Waals surface area contributed by atoms with Gasteiger partial charge in [-0.1, -0.05) is 31.7 Å². The Balaban J connectivity index is 2.07. The fourth-order valence-corrected chi connectivity index (χ4v) is 2.88. The molecule has 7 heteroatoms. The van der Waals surface area contributed by atoms with Crippen molar-refractivity contribution in [1.82, 2.24) is 14.9 Å². The summed E-state index contributed by atoms with van der Waals surface area (Å²) in [4.78, 5) is 16.5. The number of benzene rings is 1. The molecule has 0 saturated carbocycles. The molecule has 25 heavy (non-hydrogen) atoms. The zero-order valence-corrected chi connectivity index (χ0v) is 15.6. The van der Waals surface area contributed by atoms with Gasteiger partial charge in [0.1, 0.15) is 11.3 Å². The number of amides is 1. The van der Waals surface area contributed by atoms with E-state index in [2.05, 4.69) is 16.4 Å². The summed E-state index contributed by atoms with van der Waals surface area (Å²) in [5, 5.41) is 12.8. The zero-order valence-electron chi connectivity index (χ0n) is 14.8. The van der Waals surface area contributed by atoms with Gasteiger partial charge in [-0.3, -0.25) is 9.36 Å². The Morgan fingerprint density at radius 3 is 2.92 bits per heavy atom. The largest absolute Gasteiger partial charge is 0.497 e. The smallest absolute Gasteiger partial charge is 0.231 e. The molecule has 0 spiro atoms. The fourth-order valence-electron chi connectivity index (χ4n) is 2.11. The zero-order chi connectivity index (χ0) is 18.4. The predicted molar refractivity (Wildman–Crippen MR) is 97.8 cm³/mol. The number of nitriles is 1. The molecular weight excluding hydrogens is 336 g/mol. The summed E-state index contributed by atoms with van der Waals surface area (Å²) in [6, 6.07) is 9.79. The van der Waals surface area contributed by atoms with Gasteiger partial charge in [0.25, 0.3) is 0 Å². The van der Waals surface area contributed by atoms with E-state index in [1.54, 1.807) is 20.2 Å². The van der Waals surface area contributed by atoms with Crippen LogP contribution in [0.4, 0.5) is 0 Å². The Bertz CT molecular complexity index is 781. The van der Waals surface area contributed by atoms with Crippen LogP contribution in [-0.4, -0.2) is 33.9 Å². The molecule has 0 aliphatic carbocycles.